The van der Waals surface area contributed by atoms with Crippen molar-refractivity contribution in [2.75, 3.05) is 19.5 Å². The van der Waals surface area contributed by atoms with E-state index in [2.05, 4.69) is 5.32 Å². The molecule has 2 fully saturated rings. The molecule has 1 saturated carbocycles. The molecule has 36 heavy (non-hydrogen) atoms. The molecular formula is C24H31NO10S. The Kier molecular flexibility index (Phi) is 7.68. The van der Waals surface area contributed by atoms with E-state index in [1.54, 1.807) is 52.0 Å². The molecule has 12 heteroatoms. The van der Waals surface area contributed by atoms with Gasteiger partial charge in [-0.25, -0.2) is 18.0 Å². The zero-order chi connectivity index (χ0) is 26.9. The van der Waals surface area contributed by atoms with Gasteiger partial charge >= 0.3 is 12.1 Å². The van der Waals surface area contributed by atoms with E-state index in [1.807, 2.05) is 0 Å². The normalized spacial score (nSPS) is 26.6. The average molecular weight is 526 g/mol. The van der Waals surface area contributed by atoms with Crippen LogP contribution in [-0.2, 0) is 44.9 Å². The summed E-state index contributed by atoms with van der Waals surface area (Å²) in [5.74, 6) is -3.64. The number of ether oxygens (including phenoxy) is 4. The maximum Gasteiger partial charge on any atom is 0.514 e. The molecule has 2 aliphatic rings. The first-order valence-corrected chi connectivity index (χ1v) is 13.1. The summed E-state index contributed by atoms with van der Waals surface area (Å²) in [6.45, 7) is 6.85. The van der Waals surface area contributed by atoms with Crippen molar-refractivity contribution < 1.29 is 46.5 Å². The van der Waals surface area contributed by atoms with Crippen molar-refractivity contribution in [1.29, 1.82) is 0 Å². The number of carbonyl (C=O) groups excluding carboxylic acids is 4. The predicted molar refractivity (Wildman–Crippen MR) is 126 cm³/mol. The van der Waals surface area contributed by atoms with E-state index in [9.17, 15) is 27.6 Å². The van der Waals surface area contributed by atoms with Crippen LogP contribution in [0.5, 0.6) is 5.75 Å². The van der Waals surface area contributed by atoms with E-state index in [0.29, 0.717) is 0 Å². The number of sulfone groups is 1. The van der Waals surface area contributed by atoms with Crippen LogP contribution in [0.25, 0.3) is 0 Å². The number of esters is 1. The summed E-state index contributed by atoms with van der Waals surface area (Å²) in [6.07, 6.45) is -0.563. The lowest BCUT2D eigenvalue weighted by Crippen LogP contribution is -2.60. The average Bonchev–Trinajstić information content (AvgIpc) is 3.46. The quantitative estimate of drug-likeness (QED) is 0.217. The van der Waals surface area contributed by atoms with Crippen LogP contribution in [0, 0.1) is 17.8 Å². The van der Waals surface area contributed by atoms with Gasteiger partial charge in [0.05, 0.1) is 24.7 Å². The van der Waals surface area contributed by atoms with Gasteiger partial charge in [0.25, 0.3) is 6.47 Å². The zero-order valence-corrected chi connectivity index (χ0v) is 21.6. The van der Waals surface area contributed by atoms with Crippen LogP contribution in [0.2, 0.25) is 0 Å². The number of hydrogen-bond acceptors (Lipinski definition) is 10. The fourth-order valence-corrected chi connectivity index (χ4v) is 7.51. The molecule has 0 aromatic heterocycles. The largest absolute Gasteiger partial charge is 0.514 e. The second-order valence-electron chi connectivity index (χ2n) is 10.2. The van der Waals surface area contributed by atoms with E-state index in [-0.39, 0.29) is 25.2 Å². The van der Waals surface area contributed by atoms with E-state index < -0.39 is 67.8 Å². The van der Waals surface area contributed by atoms with Crippen LogP contribution in [0.3, 0.4) is 0 Å². The maximum absolute atomic E-state index is 13.1. The molecule has 1 saturated heterocycles. The molecule has 11 nitrogen and oxygen atoms in total. The molecule has 1 amide bonds. The monoisotopic (exact) mass is 525 g/mol. The Morgan fingerprint density at radius 2 is 1.83 bits per heavy atom. The van der Waals surface area contributed by atoms with E-state index in [1.165, 1.54) is 0 Å². The lowest BCUT2D eigenvalue weighted by Gasteiger charge is -2.30. The summed E-state index contributed by atoms with van der Waals surface area (Å²) in [5.41, 5.74) is -1.69. The number of hydrogen-bond donors (Lipinski definition) is 1. The van der Waals surface area contributed by atoms with Crippen molar-refractivity contribution in [3.05, 3.63) is 29.8 Å². The fourth-order valence-electron chi connectivity index (χ4n) is 4.73. The predicted octanol–water partition coefficient (Wildman–Crippen LogP) is 1.42. The Labute approximate surface area is 209 Å². The molecule has 0 radical (unpaired) electrons. The van der Waals surface area contributed by atoms with Crippen molar-refractivity contribution in [2.45, 2.75) is 50.5 Å². The van der Waals surface area contributed by atoms with Crippen molar-refractivity contribution >= 4 is 34.3 Å². The van der Waals surface area contributed by atoms with Crippen LogP contribution in [-0.4, -0.2) is 68.8 Å². The van der Waals surface area contributed by atoms with E-state index in [0.717, 1.165) is 12.7 Å². The van der Waals surface area contributed by atoms with Gasteiger partial charge in [-0.1, -0.05) is 19.1 Å². The van der Waals surface area contributed by atoms with Crippen LogP contribution >= 0.6 is 0 Å². The van der Waals surface area contributed by atoms with Gasteiger partial charge in [0.2, 0.25) is 5.91 Å². The molecule has 0 bridgehead atoms. The van der Waals surface area contributed by atoms with Gasteiger partial charge in [-0.05, 0) is 44.9 Å². The number of amides is 1. The number of rotatable bonds is 9. The highest BCUT2D eigenvalue weighted by Crippen LogP contribution is 2.58. The molecule has 1 aromatic rings. The Hall–Kier alpha value is -3.15. The number of benzene rings is 1. The van der Waals surface area contributed by atoms with Crippen LogP contribution in [0.1, 0.15) is 33.3 Å². The molecule has 0 unspecified atom stereocenters. The highest BCUT2D eigenvalue weighted by atomic mass is 32.2. The van der Waals surface area contributed by atoms with Crippen molar-refractivity contribution in [2.24, 2.45) is 17.8 Å². The minimum atomic E-state index is -3.71. The molecular weight excluding hydrogens is 494 g/mol. The number of fused-ring (bicyclic) bond motifs is 1. The molecule has 0 spiro atoms. The molecule has 1 heterocycles. The molecule has 5 atom stereocenters. The minimum absolute atomic E-state index is 0.167. The summed E-state index contributed by atoms with van der Waals surface area (Å²) < 4.78 is 45.2. The van der Waals surface area contributed by atoms with Gasteiger partial charge in [0.1, 0.15) is 11.4 Å². The van der Waals surface area contributed by atoms with Crippen molar-refractivity contribution in [3.63, 3.8) is 0 Å². The number of carbonyl (C=O) groups is 4. The molecule has 198 valence electrons. The fraction of sp³-hybridized carbons (Fsp3) is 0.583. The summed E-state index contributed by atoms with van der Waals surface area (Å²) in [4.78, 5) is 48.2. The van der Waals surface area contributed by atoms with Gasteiger partial charge in [-0.2, -0.15) is 0 Å². The first-order valence-electron chi connectivity index (χ1n) is 11.4. The third kappa shape index (κ3) is 5.80. The van der Waals surface area contributed by atoms with Crippen molar-refractivity contribution in [1.82, 2.24) is 5.32 Å². The summed E-state index contributed by atoms with van der Waals surface area (Å²) in [7, 11) is -2.59. The van der Waals surface area contributed by atoms with Gasteiger partial charge in [-0.3, -0.25) is 9.59 Å². The summed E-state index contributed by atoms with van der Waals surface area (Å²) in [6, 6.07) is 6.50. The second-order valence-corrected chi connectivity index (χ2v) is 12.3. The summed E-state index contributed by atoms with van der Waals surface area (Å²) in [5, 5.41) is 1.77. The lowest BCUT2D eigenvalue weighted by atomic mass is 9.91. The molecule has 3 rings (SSSR count). The number of nitrogens with one attached hydrogen (secondary N) is 1. The van der Waals surface area contributed by atoms with Gasteiger partial charge in [0.15, 0.2) is 15.4 Å². The van der Waals surface area contributed by atoms with Gasteiger partial charge in [-0.15, -0.1) is 0 Å². The molecule has 1 N–H and O–H groups in total. The van der Waals surface area contributed by atoms with Crippen LogP contribution in [0.4, 0.5) is 4.79 Å². The Balaban J connectivity index is 1.68. The zero-order valence-electron chi connectivity index (χ0n) is 20.8. The van der Waals surface area contributed by atoms with Crippen LogP contribution < -0.4 is 10.1 Å². The standard InChI is InChI=1S/C24H31NO10S/c1-14(10-15-6-8-16(9-7-15)34-22(29)35-23(2,3)4)20(27)25-24(21(28)32-5)12-36(30,31)19-17(18(19)24)11-33-13-26/h6-9,13-14,17-19H,10-12H2,1-5H3,(H,25,27)/t14-,17+,18+,19-,24-/m0/s1. The second kappa shape index (κ2) is 10.1. The first-order chi connectivity index (χ1) is 16.7. The highest BCUT2D eigenvalue weighted by molar-refractivity contribution is 7.92. The van der Waals surface area contributed by atoms with Gasteiger partial charge in [0, 0.05) is 17.8 Å². The Morgan fingerprint density at radius 3 is 2.39 bits per heavy atom. The highest BCUT2D eigenvalue weighted by Gasteiger charge is 2.77. The molecule has 1 aromatic carbocycles. The minimum Gasteiger partial charge on any atom is -0.468 e. The SMILES string of the molecule is COC(=O)[C@]1(NC(=O)[C@@H](C)Cc2ccc(OC(=O)OC(C)(C)C)cc2)CS(=O)(=O)[C@H]2[C@H](COC=O)[C@H]21. The maximum atomic E-state index is 13.1. The third-order valence-electron chi connectivity index (χ3n) is 6.27. The van der Waals surface area contributed by atoms with E-state index >= 15 is 0 Å². The Morgan fingerprint density at radius 1 is 1.19 bits per heavy atom. The first kappa shape index (κ1) is 27.4. The molecule has 1 aliphatic carbocycles. The Bertz CT molecular complexity index is 1120. The van der Waals surface area contributed by atoms with E-state index in [4.69, 9.17) is 18.9 Å². The summed E-state index contributed by atoms with van der Waals surface area (Å²) >= 11 is 0. The third-order valence-corrected chi connectivity index (χ3v) is 8.59. The smallest absolute Gasteiger partial charge is 0.468 e. The molecule has 1 aliphatic heterocycles. The van der Waals surface area contributed by atoms with Crippen LogP contribution in [0.15, 0.2) is 24.3 Å². The topological polar surface area (TPSA) is 151 Å². The lowest BCUT2D eigenvalue weighted by molar-refractivity contribution is -0.151. The van der Waals surface area contributed by atoms with Gasteiger partial charge < -0.3 is 24.3 Å². The van der Waals surface area contributed by atoms with Crippen molar-refractivity contribution in [3.8, 4) is 5.75 Å². The number of methoxy groups -OCH3 is 1.